The average molecular weight is 295 g/mol. The number of nitrogens with zero attached hydrogens (tertiary/aromatic N) is 2. The molecule has 0 aromatic carbocycles. The van der Waals surface area contributed by atoms with Crippen LogP contribution < -0.4 is 5.32 Å². The zero-order valence-electron chi connectivity index (χ0n) is 12.2. The Balaban J connectivity index is 2.65. The molecule has 7 nitrogen and oxygen atoms in total. The standard InChI is InChI=1S/C14H21N3O4/c1-10(2)17(6-3-7-18)14(21)16-12-5-4-11(15-9-12)8-13(19)20/h4-5,9-10,18H,3,6-8H2,1-2H3,(H,16,21)(H,19,20). The van der Waals surface area contributed by atoms with Crippen molar-refractivity contribution in [2.45, 2.75) is 32.7 Å². The Morgan fingerprint density at radius 2 is 2.10 bits per heavy atom. The molecule has 1 heterocycles. The fourth-order valence-corrected chi connectivity index (χ4v) is 1.79. The quantitative estimate of drug-likeness (QED) is 0.704. The van der Waals surface area contributed by atoms with Crippen LogP contribution in [0.2, 0.25) is 0 Å². The molecular weight excluding hydrogens is 274 g/mol. The molecule has 0 aliphatic carbocycles. The lowest BCUT2D eigenvalue weighted by atomic mass is 10.2. The second kappa shape index (κ2) is 8.21. The van der Waals surface area contributed by atoms with Crippen molar-refractivity contribution in [3.8, 4) is 0 Å². The van der Waals surface area contributed by atoms with Crippen LogP contribution in [0.15, 0.2) is 18.3 Å². The summed E-state index contributed by atoms with van der Waals surface area (Å²) in [5.41, 5.74) is 0.935. The lowest BCUT2D eigenvalue weighted by Crippen LogP contribution is -2.41. The zero-order chi connectivity index (χ0) is 15.8. The number of carbonyl (C=O) groups excluding carboxylic acids is 1. The first-order valence-electron chi connectivity index (χ1n) is 6.79. The SMILES string of the molecule is CC(C)N(CCCO)C(=O)Nc1ccc(CC(=O)O)nc1. The number of nitrogens with one attached hydrogen (secondary N) is 1. The number of amides is 2. The van der Waals surface area contributed by atoms with Crippen LogP contribution in [-0.4, -0.2) is 51.3 Å². The molecule has 0 fully saturated rings. The van der Waals surface area contributed by atoms with E-state index < -0.39 is 5.97 Å². The van der Waals surface area contributed by atoms with E-state index in [1.54, 1.807) is 17.0 Å². The van der Waals surface area contributed by atoms with E-state index in [0.29, 0.717) is 24.3 Å². The fourth-order valence-electron chi connectivity index (χ4n) is 1.79. The molecule has 21 heavy (non-hydrogen) atoms. The van der Waals surface area contributed by atoms with Crippen molar-refractivity contribution < 1.29 is 19.8 Å². The van der Waals surface area contributed by atoms with Gasteiger partial charge in [-0.05, 0) is 32.4 Å². The number of hydrogen-bond donors (Lipinski definition) is 3. The van der Waals surface area contributed by atoms with Gasteiger partial charge in [-0.3, -0.25) is 9.78 Å². The van der Waals surface area contributed by atoms with Gasteiger partial charge in [0.05, 0.1) is 24.0 Å². The number of aromatic nitrogens is 1. The molecule has 0 aliphatic rings. The van der Waals surface area contributed by atoms with E-state index in [0.717, 1.165) is 0 Å². The monoisotopic (exact) mass is 295 g/mol. The summed E-state index contributed by atoms with van der Waals surface area (Å²) in [4.78, 5) is 28.3. The number of rotatable bonds is 7. The van der Waals surface area contributed by atoms with Crippen LogP contribution in [0.1, 0.15) is 26.0 Å². The van der Waals surface area contributed by atoms with Crippen LogP contribution >= 0.6 is 0 Å². The third-order valence-electron chi connectivity index (χ3n) is 2.85. The summed E-state index contributed by atoms with van der Waals surface area (Å²) in [7, 11) is 0. The average Bonchev–Trinajstić information content (AvgIpc) is 2.40. The molecule has 2 amide bonds. The molecule has 0 atom stereocenters. The molecule has 0 radical (unpaired) electrons. The fraction of sp³-hybridized carbons (Fsp3) is 0.500. The Labute approximate surface area is 123 Å². The number of aliphatic hydroxyl groups is 1. The summed E-state index contributed by atoms with van der Waals surface area (Å²) >= 11 is 0. The maximum absolute atomic E-state index is 12.1. The lowest BCUT2D eigenvalue weighted by molar-refractivity contribution is -0.136. The topological polar surface area (TPSA) is 103 Å². The van der Waals surface area contributed by atoms with E-state index in [4.69, 9.17) is 10.2 Å². The number of aliphatic carboxylic acids is 1. The smallest absolute Gasteiger partial charge is 0.322 e. The Hall–Kier alpha value is -2.15. The Morgan fingerprint density at radius 3 is 2.57 bits per heavy atom. The highest BCUT2D eigenvalue weighted by Gasteiger charge is 2.16. The Kier molecular flexibility index (Phi) is 6.61. The van der Waals surface area contributed by atoms with Crippen LogP contribution in [0.5, 0.6) is 0 Å². The van der Waals surface area contributed by atoms with Gasteiger partial charge in [0.2, 0.25) is 0 Å². The van der Waals surface area contributed by atoms with Gasteiger partial charge in [0, 0.05) is 19.2 Å². The molecule has 0 aliphatic heterocycles. The van der Waals surface area contributed by atoms with E-state index in [2.05, 4.69) is 10.3 Å². The number of hydrogen-bond acceptors (Lipinski definition) is 4. The number of pyridine rings is 1. The largest absolute Gasteiger partial charge is 0.481 e. The maximum atomic E-state index is 12.1. The molecule has 0 spiro atoms. The van der Waals surface area contributed by atoms with Gasteiger partial charge in [-0.1, -0.05) is 0 Å². The molecule has 1 rings (SSSR count). The molecule has 0 saturated heterocycles. The number of carboxylic acid groups (broad SMARTS) is 1. The molecule has 0 bridgehead atoms. The van der Waals surface area contributed by atoms with Crippen LogP contribution in [-0.2, 0) is 11.2 Å². The van der Waals surface area contributed by atoms with Gasteiger partial charge in [0.25, 0.3) is 0 Å². The summed E-state index contributed by atoms with van der Waals surface area (Å²) in [5.74, 6) is -0.950. The first-order valence-corrected chi connectivity index (χ1v) is 6.79. The van der Waals surface area contributed by atoms with Crippen molar-refractivity contribution in [1.29, 1.82) is 0 Å². The summed E-state index contributed by atoms with van der Waals surface area (Å²) in [6.07, 6.45) is 1.80. The second-order valence-corrected chi connectivity index (χ2v) is 4.90. The minimum Gasteiger partial charge on any atom is -0.481 e. The van der Waals surface area contributed by atoms with E-state index in [1.165, 1.54) is 6.20 Å². The number of urea groups is 1. The van der Waals surface area contributed by atoms with Gasteiger partial charge in [0.1, 0.15) is 0 Å². The Morgan fingerprint density at radius 1 is 1.38 bits per heavy atom. The lowest BCUT2D eigenvalue weighted by Gasteiger charge is -2.26. The van der Waals surface area contributed by atoms with Gasteiger partial charge in [0.15, 0.2) is 0 Å². The first-order chi connectivity index (χ1) is 9.93. The van der Waals surface area contributed by atoms with Crippen molar-refractivity contribution >= 4 is 17.7 Å². The predicted molar refractivity (Wildman–Crippen MR) is 78.1 cm³/mol. The van der Waals surface area contributed by atoms with Gasteiger partial charge in [-0.15, -0.1) is 0 Å². The van der Waals surface area contributed by atoms with E-state index >= 15 is 0 Å². The van der Waals surface area contributed by atoms with Crippen LogP contribution in [0, 0.1) is 0 Å². The first kappa shape index (κ1) is 16.9. The number of carboxylic acids is 1. The molecule has 116 valence electrons. The van der Waals surface area contributed by atoms with Gasteiger partial charge < -0.3 is 20.4 Å². The molecule has 0 saturated carbocycles. The highest BCUT2D eigenvalue weighted by atomic mass is 16.4. The predicted octanol–water partition coefficient (Wildman–Crippen LogP) is 1.33. The summed E-state index contributed by atoms with van der Waals surface area (Å²) in [6.45, 7) is 4.28. The molecule has 1 aromatic heterocycles. The molecule has 0 unspecified atom stereocenters. The van der Waals surface area contributed by atoms with Gasteiger partial charge >= 0.3 is 12.0 Å². The van der Waals surface area contributed by atoms with E-state index in [1.807, 2.05) is 13.8 Å². The highest BCUT2D eigenvalue weighted by molar-refractivity contribution is 5.89. The van der Waals surface area contributed by atoms with Crippen LogP contribution in [0.25, 0.3) is 0 Å². The Bertz CT molecular complexity index is 474. The second-order valence-electron chi connectivity index (χ2n) is 4.90. The number of carbonyl (C=O) groups is 2. The summed E-state index contributed by atoms with van der Waals surface area (Å²) < 4.78 is 0. The maximum Gasteiger partial charge on any atom is 0.322 e. The van der Waals surface area contributed by atoms with Crippen molar-refractivity contribution in [2.24, 2.45) is 0 Å². The van der Waals surface area contributed by atoms with Crippen molar-refractivity contribution in [2.75, 3.05) is 18.5 Å². The molecule has 1 aromatic rings. The van der Waals surface area contributed by atoms with E-state index in [9.17, 15) is 9.59 Å². The number of anilines is 1. The molecule has 3 N–H and O–H groups in total. The number of aliphatic hydroxyl groups excluding tert-OH is 1. The van der Waals surface area contributed by atoms with Crippen LogP contribution in [0.4, 0.5) is 10.5 Å². The third-order valence-corrected chi connectivity index (χ3v) is 2.85. The normalized spacial score (nSPS) is 10.5. The zero-order valence-corrected chi connectivity index (χ0v) is 12.2. The minimum atomic E-state index is -0.950. The van der Waals surface area contributed by atoms with Crippen molar-refractivity contribution in [1.82, 2.24) is 9.88 Å². The summed E-state index contributed by atoms with van der Waals surface area (Å²) in [5, 5.41) is 20.2. The summed E-state index contributed by atoms with van der Waals surface area (Å²) in [6, 6.07) is 2.92. The van der Waals surface area contributed by atoms with Crippen molar-refractivity contribution in [3.05, 3.63) is 24.0 Å². The van der Waals surface area contributed by atoms with Crippen LogP contribution in [0.3, 0.4) is 0 Å². The molecule has 7 heteroatoms. The third kappa shape index (κ3) is 5.78. The van der Waals surface area contributed by atoms with Crippen molar-refractivity contribution in [3.63, 3.8) is 0 Å². The molecular formula is C14H21N3O4. The van der Waals surface area contributed by atoms with Gasteiger partial charge in [-0.25, -0.2) is 4.79 Å². The van der Waals surface area contributed by atoms with Gasteiger partial charge in [-0.2, -0.15) is 0 Å². The van der Waals surface area contributed by atoms with E-state index in [-0.39, 0.29) is 25.1 Å². The highest BCUT2D eigenvalue weighted by Crippen LogP contribution is 2.10. The minimum absolute atomic E-state index is 0.00999.